The predicted molar refractivity (Wildman–Crippen MR) is 63.8 cm³/mol. The molecule has 0 aliphatic rings. The summed E-state index contributed by atoms with van der Waals surface area (Å²) >= 11 is 0. The van der Waals surface area contributed by atoms with Crippen LogP contribution in [0.25, 0.3) is 0 Å². The van der Waals surface area contributed by atoms with E-state index in [1.165, 1.54) is 18.2 Å². The van der Waals surface area contributed by atoms with Gasteiger partial charge in [0.1, 0.15) is 11.6 Å². The maximum atomic E-state index is 13.3. The predicted octanol–water partition coefficient (Wildman–Crippen LogP) is 2.11. The van der Waals surface area contributed by atoms with Crippen LogP contribution in [0.5, 0.6) is 0 Å². The van der Waals surface area contributed by atoms with Crippen molar-refractivity contribution in [3.63, 3.8) is 0 Å². The number of aliphatic hydroxyl groups is 1. The second-order valence-corrected chi connectivity index (χ2v) is 4.61. The molecule has 1 unspecified atom stereocenters. The highest BCUT2D eigenvalue weighted by molar-refractivity contribution is 5.20. The Morgan fingerprint density at radius 2 is 1.76 bits per heavy atom. The summed E-state index contributed by atoms with van der Waals surface area (Å²) in [7, 11) is 0. The second-order valence-electron chi connectivity index (χ2n) is 4.61. The normalized spacial score (nSPS) is 13.1. The van der Waals surface area contributed by atoms with Gasteiger partial charge < -0.3 is 10.4 Å². The number of rotatable bonds is 6. The minimum Gasteiger partial charge on any atom is -0.391 e. The van der Waals surface area contributed by atoms with Gasteiger partial charge in [-0.2, -0.15) is 0 Å². The molecule has 2 N–H and O–H groups in total. The summed E-state index contributed by atoms with van der Waals surface area (Å²) in [6, 6.07) is 3.72. The van der Waals surface area contributed by atoms with Crippen molar-refractivity contribution >= 4 is 0 Å². The fourth-order valence-corrected chi connectivity index (χ4v) is 1.57. The Kier molecular flexibility index (Phi) is 5.51. The van der Waals surface area contributed by atoms with Gasteiger partial charge in [-0.15, -0.1) is 0 Å². The van der Waals surface area contributed by atoms with Crippen molar-refractivity contribution in [3.8, 4) is 0 Å². The molecule has 0 fully saturated rings. The summed E-state index contributed by atoms with van der Waals surface area (Å²) in [4.78, 5) is 0. The van der Waals surface area contributed by atoms with Crippen LogP contribution in [0.2, 0.25) is 0 Å². The average Bonchev–Trinajstić information content (AvgIpc) is 2.23. The zero-order valence-corrected chi connectivity index (χ0v) is 10.2. The van der Waals surface area contributed by atoms with Gasteiger partial charge in [0.25, 0.3) is 0 Å². The Bertz CT molecular complexity index is 335. The molecule has 0 saturated carbocycles. The Morgan fingerprint density at radius 3 is 2.29 bits per heavy atom. The third kappa shape index (κ3) is 4.79. The molecule has 96 valence electrons. The molecular weight excluding hydrogens is 224 g/mol. The number of aliphatic hydroxyl groups excluding tert-OH is 1. The summed E-state index contributed by atoms with van der Waals surface area (Å²) in [5.74, 6) is -0.729. The monoisotopic (exact) mass is 243 g/mol. The molecule has 0 spiro atoms. The second kappa shape index (κ2) is 6.67. The molecule has 2 nitrogen and oxygen atoms in total. The Balaban J connectivity index is 2.47. The zero-order chi connectivity index (χ0) is 12.8. The number of hydrogen-bond acceptors (Lipinski definition) is 2. The van der Waals surface area contributed by atoms with Crippen LogP contribution in [0, 0.1) is 17.6 Å². The van der Waals surface area contributed by atoms with E-state index in [4.69, 9.17) is 0 Å². The van der Waals surface area contributed by atoms with Crippen LogP contribution in [0.15, 0.2) is 18.2 Å². The van der Waals surface area contributed by atoms with Crippen molar-refractivity contribution in [1.82, 2.24) is 5.32 Å². The fourth-order valence-electron chi connectivity index (χ4n) is 1.57. The lowest BCUT2D eigenvalue weighted by Gasteiger charge is -2.14. The summed E-state index contributed by atoms with van der Waals surface area (Å²) < 4.78 is 26.6. The van der Waals surface area contributed by atoms with Gasteiger partial charge in [-0.3, -0.25) is 0 Å². The number of nitrogens with one attached hydrogen (secondary N) is 1. The van der Waals surface area contributed by atoms with Crippen LogP contribution in [0.3, 0.4) is 0 Å². The minimum absolute atomic E-state index is 0.0103. The molecule has 1 aromatic carbocycles. The summed E-state index contributed by atoms with van der Waals surface area (Å²) in [6.45, 7) is 5.22. The molecule has 17 heavy (non-hydrogen) atoms. The van der Waals surface area contributed by atoms with E-state index >= 15 is 0 Å². The van der Waals surface area contributed by atoms with E-state index in [2.05, 4.69) is 19.2 Å². The first-order chi connectivity index (χ1) is 8.00. The van der Waals surface area contributed by atoms with E-state index in [1.54, 1.807) is 0 Å². The third-order valence-corrected chi connectivity index (χ3v) is 2.43. The highest BCUT2D eigenvalue weighted by Crippen LogP contribution is 2.13. The zero-order valence-electron chi connectivity index (χ0n) is 10.2. The first-order valence-electron chi connectivity index (χ1n) is 5.82. The largest absolute Gasteiger partial charge is 0.391 e. The van der Waals surface area contributed by atoms with E-state index in [9.17, 15) is 13.9 Å². The van der Waals surface area contributed by atoms with Gasteiger partial charge in [-0.1, -0.05) is 19.9 Å². The maximum Gasteiger partial charge on any atom is 0.129 e. The van der Waals surface area contributed by atoms with Gasteiger partial charge in [0.2, 0.25) is 0 Å². The molecule has 0 bridgehead atoms. The smallest absolute Gasteiger partial charge is 0.129 e. The topological polar surface area (TPSA) is 32.3 Å². The lowest BCUT2D eigenvalue weighted by Crippen LogP contribution is -2.31. The molecule has 1 rings (SSSR count). The van der Waals surface area contributed by atoms with Gasteiger partial charge in [0.15, 0.2) is 0 Å². The van der Waals surface area contributed by atoms with E-state index in [0.29, 0.717) is 12.5 Å². The maximum absolute atomic E-state index is 13.3. The summed E-state index contributed by atoms with van der Waals surface area (Å²) in [6.07, 6.45) is -0.788. The van der Waals surface area contributed by atoms with Crippen LogP contribution >= 0.6 is 0 Å². The Labute approximate surface area is 101 Å². The molecule has 0 aliphatic carbocycles. The van der Waals surface area contributed by atoms with Gasteiger partial charge >= 0.3 is 0 Å². The van der Waals surface area contributed by atoms with Crippen molar-refractivity contribution in [2.75, 3.05) is 13.1 Å². The molecule has 1 atom stereocenters. The standard InChI is InChI=1S/C13H19F2NO/c1-9(2)7-16-8-10(17)6-11-12(14)4-3-5-13(11)15/h3-5,9-10,16-17H,6-8H2,1-2H3. The molecule has 0 aromatic heterocycles. The van der Waals surface area contributed by atoms with Crippen LogP contribution in [-0.2, 0) is 6.42 Å². The fraction of sp³-hybridized carbons (Fsp3) is 0.538. The van der Waals surface area contributed by atoms with Crippen molar-refractivity contribution in [3.05, 3.63) is 35.4 Å². The lowest BCUT2D eigenvalue weighted by atomic mass is 10.1. The number of benzene rings is 1. The molecule has 0 saturated heterocycles. The van der Waals surface area contributed by atoms with Crippen molar-refractivity contribution < 1.29 is 13.9 Å². The quantitative estimate of drug-likeness (QED) is 0.802. The van der Waals surface area contributed by atoms with Gasteiger partial charge in [0, 0.05) is 18.5 Å². The average molecular weight is 243 g/mol. The number of halogens is 2. The summed E-state index contributed by atoms with van der Waals surface area (Å²) in [5, 5.41) is 12.7. The Morgan fingerprint density at radius 1 is 1.18 bits per heavy atom. The highest BCUT2D eigenvalue weighted by atomic mass is 19.1. The van der Waals surface area contributed by atoms with E-state index in [0.717, 1.165) is 6.54 Å². The lowest BCUT2D eigenvalue weighted by molar-refractivity contribution is 0.168. The molecule has 0 aliphatic heterocycles. The Hall–Kier alpha value is -1.00. The molecule has 0 heterocycles. The van der Waals surface area contributed by atoms with Gasteiger partial charge in [0.05, 0.1) is 6.10 Å². The molecule has 0 radical (unpaired) electrons. The van der Waals surface area contributed by atoms with Crippen LogP contribution in [0.4, 0.5) is 8.78 Å². The molecule has 0 amide bonds. The number of hydrogen-bond donors (Lipinski definition) is 2. The van der Waals surface area contributed by atoms with Gasteiger partial charge in [-0.05, 0) is 24.6 Å². The van der Waals surface area contributed by atoms with Crippen molar-refractivity contribution in [1.29, 1.82) is 0 Å². The molecule has 1 aromatic rings. The van der Waals surface area contributed by atoms with Crippen molar-refractivity contribution in [2.24, 2.45) is 5.92 Å². The van der Waals surface area contributed by atoms with Gasteiger partial charge in [-0.25, -0.2) is 8.78 Å². The molecular formula is C13H19F2NO. The minimum atomic E-state index is -0.778. The van der Waals surface area contributed by atoms with Crippen LogP contribution in [-0.4, -0.2) is 24.3 Å². The third-order valence-electron chi connectivity index (χ3n) is 2.43. The van der Waals surface area contributed by atoms with Crippen LogP contribution in [0.1, 0.15) is 19.4 Å². The van der Waals surface area contributed by atoms with Crippen molar-refractivity contribution in [2.45, 2.75) is 26.4 Å². The highest BCUT2D eigenvalue weighted by Gasteiger charge is 2.13. The van der Waals surface area contributed by atoms with Crippen LogP contribution < -0.4 is 5.32 Å². The van der Waals surface area contributed by atoms with E-state index in [-0.39, 0.29) is 12.0 Å². The van der Waals surface area contributed by atoms with E-state index in [1.807, 2.05) is 0 Å². The SMILES string of the molecule is CC(C)CNCC(O)Cc1c(F)cccc1F. The first-order valence-corrected chi connectivity index (χ1v) is 5.82. The first kappa shape index (κ1) is 14.1. The van der Waals surface area contributed by atoms with E-state index < -0.39 is 17.7 Å². The molecule has 4 heteroatoms. The summed E-state index contributed by atoms with van der Waals surface area (Å²) in [5.41, 5.74) is -0.0497.